The molecule has 0 atom stereocenters. The second-order valence-corrected chi connectivity index (χ2v) is 4.28. The van der Waals surface area contributed by atoms with Crippen LogP contribution >= 0.6 is 0 Å². The highest BCUT2D eigenvalue weighted by atomic mass is 16.4. The first-order valence-electron chi connectivity index (χ1n) is 5.64. The molecule has 18 heavy (non-hydrogen) atoms. The Bertz CT molecular complexity index is 494. The van der Waals surface area contributed by atoms with Gasteiger partial charge in [-0.3, -0.25) is 9.59 Å². The number of hydrogen-bond donors (Lipinski definition) is 3. The van der Waals surface area contributed by atoms with Crippen LogP contribution in [0, 0.1) is 20.8 Å². The van der Waals surface area contributed by atoms with Gasteiger partial charge < -0.3 is 15.5 Å². The first kappa shape index (κ1) is 14.0. The minimum atomic E-state index is -1.00. The second kappa shape index (κ2) is 5.53. The monoisotopic (exact) mass is 251 g/mol. The molecule has 0 bridgehead atoms. The SMILES string of the molecule is Cc1cc(NC(=O)CCC(=O)O)c(C)c(C)c1O. The van der Waals surface area contributed by atoms with Crippen LogP contribution in [0.15, 0.2) is 6.07 Å². The summed E-state index contributed by atoms with van der Waals surface area (Å²) in [5.74, 6) is -1.12. The van der Waals surface area contributed by atoms with Crippen molar-refractivity contribution in [2.24, 2.45) is 0 Å². The summed E-state index contributed by atoms with van der Waals surface area (Å²) in [5.41, 5.74) is 2.77. The van der Waals surface area contributed by atoms with Crippen molar-refractivity contribution < 1.29 is 19.8 Å². The van der Waals surface area contributed by atoms with Gasteiger partial charge in [0.15, 0.2) is 0 Å². The number of hydrogen-bond acceptors (Lipinski definition) is 3. The van der Waals surface area contributed by atoms with Gasteiger partial charge in [-0.15, -0.1) is 0 Å². The van der Waals surface area contributed by atoms with Gasteiger partial charge in [-0.05, 0) is 43.5 Å². The lowest BCUT2D eigenvalue weighted by molar-refractivity contribution is -0.138. The third-order valence-corrected chi connectivity index (χ3v) is 2.90. The summed E-state index contributed by atoms with van der Waals surface area (Å²) < 4.78 is 0. The maximum atomic E-state index is 11.5. The molecule has 1 rings (SSSR count). The van der Waals surface area contributed by atoms with E-state index in [0.717, 1.165) is 5.56 Å². The second-order valence-electron chi connectivity index (χ2n) is 4.28. The molecule has 3 N–H and O–H groups in total. The lowest BCUT2D eigenvalue weighted by Gasteiger charge is -2.13. The van der Waals surface area contributed by atoms with E-state index in [1.54, 1.807) is 26.8 Å². The van der Waals surface area contributed by atoms with Crippen LogP contribution in [-0.4, -0.2) is 22.1 Å². The van der Waals surface area contributed by atoms with Crippen molar-refractivity contribution in [2.75, 3.05) is 5.32 Å². The van der Waals surface area contributed by atoms with Crippen molar-refractivity contribution in [3.05, 3.63) is 22.8 Å². The molecule has 0 aromatic heterocycles. The molecule has 1 aromatic rings. The Labute approximate surface area is 105 Å². The maximum absolute atomic E-state index is 11.5. The average molecular weight is 251 g/mol. The quantitative estimate of drug-likeness (QED) is 0.715. The van der Waals surface area contributed by atoms with E-state index in [9.17, 15) is 14.7 Å². The highest BCUT2D eigenvalue weighted by Gasteiger charge is 2.12. The molecule has 5 nitrogen and oxygen atoms in total. The third-order valence-electron chi connectivity index (χ3n) is 2.90. The number of phenols is 1. The van der Waals surface area contributed by atoms with E-state index >= 15 is 0 Å². The fourth-order valence-electron chi connectivity index (χ4n) is 1.63. The molecule has 0 unspecified atom stereocenters. The van der Waals surface area contributed by atoms with Crippen LogP contribution in [0.1, 0.15) is 29.5 Å². The molecule has 0 heterocycles. The molecule has 0 aliphatic carbocycles. The zero-order valence-corrected chi connectivity index (χ0v) is 10.7. The van der Waals surface area contributed by atoms with Gasteiger partial charge in [-0.2, -0.15) is 0 Å². The summed E-state index contributed by atoms with van der Waals surface area (Å²) in [6.07, 6.45) is -0.255. The van der Waals surface area contributed by atoms with Crippen molar-refractivity contribution in [1.29, 1.82) is 0 Å². The number of nitrogens with one attached hydrogen (secondary N) is 1. The number of carboxylic acids is 1. The molecule has 0 aliphatic heterocycles. The highest BCUT2D eigenvalue weighted by Crippen LogP contribution is 2.30. The topological polar surface area (TPSA) is 86.6 Å². The fourth-order valence-corrected chi connectivity index (χ4v) is 1.63. The Kier molecular flexibility index (Phi) is 4.31. The number of phenolic OH excluding ortho intramolecular Hbond substituents is 1. The maximum Gasteiger partial charge on any atom is 0.303 e. The average Bonchev–Trinajstić information content (AvgIpc) is 2.30. The van der Waals surface area contributed by atoms with E-state index in [-0.39, 0.29) is 24.5 Å². The Morgan fingerprint density at radius 3 is 2.33 bits per heavy atom. The smallest absolute Gasteiger partial charge is 0.303 e. The van der Waals surface area contributed by atoms with Gasteiger partial charge in [0.1, 0.15) is 5.75 Å². The number of aliphatic carboxylic acids is 1. The molecular weight excluding hydrogens is 234 g/mol. The van der Waals surface area contributed by atoms with Crippen molar-refractivity contribution in [3.63, 3.8) is 0 Å². The number of carbonyl (C=O) groups excluding carboxylic acids is 1. The van der Waals surface area contributed by atoms with Gasteiger partial charge in [-0.1, -0.05) is 0 Å². The standard InChI is InChI=1S/C13H17NO4/c1-7-6-10(8(2)9(3)13(7)18)14-11(15)4-5-12(16)17/h6,18H,4-5H2,1-3H3,(H,14,15)(H,16,17). The summed E-state index contributed by atoms with van der Waals surface area (Å²) in [5, 5.41) is 20.9. The number of carboxylic acid groups (broad SMARTS) is 1. The van der Waals surface area contributed by atoms with Gasteiger partial charge in [0, 0.05) is 12.1 Å². The number of amides is 1. The molecule has 1 aromatic carbocycles. The van der Waals surface area contributed by atoms with Crippen molar-refractivity contribution >= 4 is 17.6 Å². The van der Waals surface area contributed by atoms with E-state index in [2.05, 4.69) is 5.32 Å². The molecular formula is C13H17NO4. The molecule has 0 spiro atoms. The van der Waals surface area contributed by atoms with Crippen LogP contribution in [0.25, 0.3) is 0 Å². The number of rotatable bonds is 4. The zero-order valence-electron chi connectivity index (χ0n) is 10.7. The number of benzene rings is 1. The van der Waals surface area contributed by atoms with E-state index in [4.69, 9.17) is 5.11 Å². The largest absolute Gasteiger partial charge is 0.507 e. The Morgan fingerprint density at radius 1 is 1.17 bits per heavy atom. The van der Waals surface area contributed by atoms with Crippen molar-refractivity contribution in [1.82, 2.24) is 0 Å². The first-order valence-corrected chi connectivity index (χ1v) is 5.64. The first-order chi connectivity index (χ1) is 8.32. The molecule has 0 saturated heterocycles. The molecule has 0 fully saturated rings. The van der Waals surface area contributed by atoms with Crippen LogP contribution in [-0.2, 0) is 9.59 Å². The van der Waals surface area contributed by atoms with Gasteiger partial charge in [0.25, 0.3) is 0 Å². The van der Waals surface area contributed by atoms with Gasteiger partial charge in [0.05, 0.1) is 6.42 Å². The van der Waals surface area contributed by atoms with Gasteiger partial charge in [0.2, 0.25) is 5.91 Å². The van der Waals surface area contributed by atoms with Crippen molar-refractivity contribution in [3.8, 4) is 5.75 Å². The minimum absolute atomic E-state index is 0.0618. The van der Waals surface area contributed by atoms with Crippen LogP contribution in [0.2, 0.25) is 0 Å². The molecule has 98 valence electrons. The zero-order chi connectivity index (χ0) is 13.9. The van der Waals surface area contributed by atoms with Gasteiger partial charge in [-0.25, -0.2) is 0 Å². The van der Waals surface area contributed by atoms with Crippen molar-refractivity contribution in [2.45, 2.75) is 33.6 Å². The number of aromatic hydroxyl groups is 1. The summed E-state index contributed by atoms with van der Waals surface area (Å²) in [4.78, 5) is 21.9. The third kappa shape index (κ3) is 3.23. The predicted molar refractivity (Wildman–Crippen MR) is 67.8 cm³/mol. The molecule has 1 amide bonds. The lowest BCUT2D eigenvalue weighted by Crippen LogP contribution is -2.14. The molecule has 0 saturated carbocycles. The molecule has 0 radical (unpaired) electrons. The van der Waals surface area contributed by atoms with E-state index in [1.807, 2.05) is 0 Å². The van der Waals surface area contributed by atoms with Crippen LogP contribution < -0.4 is 5.32 Å². The Morgan fingerprint density at radius 2 is 1.78 bits per heavy atom. The van der Waals surface area contributed by atoms with E-state index in [0.29, 0.717) is 16.8 Å². The summed E-state index contributed by atoms with van der Waals surface area (Å²) >= 11 is 0. The van der Waals surface area contributed by atoms with Crippen LogP contribution in [0.3, 0.4) is 0 Å². The summed E-state index contributed by atoms with van der Waals surface area (Å²) in [6.45, 7) is 5.31. The number of aryl methyl sites for hydroxylation is 1. The summed E-state index contributed by atoms with van der Waals surface area (Å²) in [7, 11) is 0. The van der Waals surface area contributed by atoms with Gasteiger partial charge >= 0.3 is 5.97 Å². The normalized spacial score (nSPS) is 10.2. The van der Waals surface area contributed by atoms with E-state index in [1.165, 1.54) is 0 Å². The Hall–Kier alpha value is -2.04. The highest BCUT2D eigenvalue weighted by molar-refractivity contribution is 5.93. The predicted octanol–water partition coefficient (Wildman–Crippen LogP) is 2.12. The molecule has 0 aliphatic rings. The minimum Gasteiger partial charge on any atom is -0.507 e. The fraction of sp³-hybridized carbons (Fsp3) is 0.385. The lowest BCUT2D eigenvalue weighted by atomic mass is 10.0. The number of anilines is 1. The van der Waals surface area contributed by atoms with Crippen LogP contribution in [0.5, 0.6) is 5.75 Å². The van der Waals surface area contributed by atoms with E-state index < -0.39 is 5.97 Å². The Balaban J connectivity index is 2.85. The molecule has 5 heteroatoms. The number of carbonyl (C=O) groups is 2. The summed E-state index contributed by atoms with van der Waals surface area (Å²) in [6, 6.07) is 1.68. The van der Waals surface area contributed by atoms with Crippen LogP contribution in [0.4, 0.5) is 5.69 Å².